The van der Waals surface area contributed by atoms with Crippen molar-refractivity contribution >= 4 is 17.8 Å². The maximum absolute atomic E-state index is 13.4. The molecule has 3 fully saturated rings. The monoisotopic (exact) mass is 1150 g/mol. The molecule has 18 unspecified atom stereocenters. The van der Waals surface area contributed by atoms with Crippen molar-refractivity contribution in [3.8, 4) is 0 Å². The van der Waals surface area contributed by atoms with Gasteiger partial charge in [0.2, 0.25) is 11.8 Å². The Bertz CT molecular complexity index is 1660. The summed E-state index contributed by atoms with van der Waals surface area (Å²) in [5.74, 6) is -6.10. The highest BCUT2D eigenvalue weighted by atomic mass is 16.8. The van der Waals surface area contributed by atoms with Crippen LogP contribution in [0.4, 0.5) is 0 Å². The summed E-state index contributed by atoms with van der Waals surface area (Å²) in [6, 6.07) is -2.52. The fourth-order valence-electron chi connectivity index (χ4n) is 10.9. The second-order valence-electron chi connectivity index (χ2n) is 22.6. The number of rotatable bonds is 44. The molecule has 3 saturated heterocycles. The summed E-state index contributed by atoms with van der Waals surface area (Å²) in [7, 11) is 0. The van der Waals surface area contributed by atoms with E-state index in [0.717, 1.165) is 58.3 Å². The SMILES string of the molecule is CCCCCCCCCCCCCCCCCC(=O)NC(COC1OC(CO)C(OC2OC(CO)C(O)C(OC3(C(=O)O)CC(O)C(NC(C)=O)C(C(O)C(O)CO)O3)C2O)C(O)C1O)C(O)CCCCCCCCCCCCC. The number of nitrogens with one attached hydrogen (secondary N) is 2. The number of carboxylic acids is 1. The van der Waals surface area contributed by atoms with Crippen LogP contribution in [0.1, 0.15) is 207 Å². The minimum Gasteiger partial charge on any atom is -0.477 e. The van der Waals surface area contributed by atoms with Gasteiger partial charge >= 0.3 is 5.97 Å². The van der Waals surface area contributed by atoms with Crippen LogP contribution in [0, 0.1) is 0 Å². The maximum Gasteiger partial charge on any atom is 0.364 e. The summed E-state index contributed by atoms with van der Waals surface area (Å²) in [5, 5.41) is 135. The van der Waals surface area contributed by atoms with E-state index in [1.807, 2.05) is 0 Å². The smallest absolute Gasteiger partial charge is 0.364 e. The topological polar surface area (TPSA) is 373 Å². The van der Waals surface area contributed by atoms with Crippen LogP contribution in [0.5, 0.6) is 0 Å². The number of hydrogen-bond donors (Lipinski definition) is 14. The van der Waals surface area contributed by atoms with Gasteiger partial charge in [-0.3, -0.25) is 9.59 Å². The zero-order valence-electron chi connectivity index (χ0n) is 48.2. The lowest BCUT2D eigenvalue weighted by Gasteiger charge is -2.50. The van der Waals surface area contributed by atoms with Crippen LogP contribution in [0.3, 0.4) is 0 Å². The molecule has 0 aromatic rings. The Hall–Kier alpha value is -2.27. The molecule has 0 bridgehead atoms. The molecule has 0 saturated carbocycles. The molecule has 3 aliphatic rings. The largest absolute Gasteiger partial charge is 0.477 e. The van der Waals surface area contributed by atoms with Gasteiger partial charge in [-0.2, -0.15) is 0 Å². The summed E-state index contributed by atoms with van der Waals surface area (Å²) in [5.41, 5.74) is 0. The number of amides is 2. The van der Waals surface area contributed by atoms with Gasteiger partial charge < -0.3 is 100 Å². The maximum atomic E-state index is 13.4. The molecule has 0 aliphatic carbocycles. The number of aliphatic carboxylic acids is 1. The van der Waals surface area contributed by atoms with Gasteiger partial charge in [-0.15, -0.1) is 0 Å². The van der Waals surface area contributed by atoms with Gasteiger partial charge in [0.05, 0.1) is 50.7 Å². The van der Waals surface area contributed by atoms with E-state index in [9.17, 15) is 75.7 Å². The molecule has 0 aromatic heterocycles. The van der Waals surface area contributed by atoms with E-state index in [1.54, 1.807) is 0 Å². The van der Waals surface area contributed by atoms with Crippen molar-refractivity contribution in [2.75, 3.05) is 26.4 Å². The standard InChI is InChI=1S/C57H106N2O21/c1-4-6-8-10-12-14-16-17-18-19-21-23-25-27-29-31-44(67)59-38(39(64)30-28-26-24-22-20-15-13-11-9-7-5-2)36-75-54-49(71)48(70)51(43(35-62)77-54)78-55-50(72)53(47(69)42(34-61)76-55)80-57(56(73)74)32-40(65)45(58-37(3)63)52(79-57)46(68)41(66)33-60/h38-43,45-55,60-62,64-66,68-72H,4-36H2,1-3H3,(H,58,63)(H,59,67)(H,73,74). The van der Waals surface area contributed by atoms with Crippen LogP contribution in [-0.4, -0.2) is 215 Å². The van der Waals surface area contributed by atoms with E-state index in [0.29, 0.717) is 19.3 Å². The van der Waals surface area contributed by atoms with E-state index in [4.69, 9.17) is 28.4 Å². The van der Waals surface area contributed by atoms with E-state index in [-0.39, 0.29) is 18.9 Å². The van der Waals surface area contributed by atoms with Gasteiger partial charge in [0.25, 0.3) is 5.79 Å². The quantitative estimate of drug-likeness (QED) is 0.0390. The minimum atomic E-state index is -3.07. The van der Waals surface area contributed by atoms with Crippen molar-refractivity contribution in [1.82, 2.24) is 10.6 Å². The predicted molar refractivity (Wildman–Crippen MR) is 292 cm³/mol. The lowest BCUT2D eigenvalue weighted by molar-refractivity contribution is -0.386. The first-order chi connectivity index (χ1) is 38.4. The highest BCUT2D eigenvalue weighted by molar-refractivity contribution is 5.77. The summed E-state index contributed by atoms with van der Waals surface area (Å²) in [6.45, 7) is 2.16. The predicted octanol–water partition coefficient (Wildman–Crippen LogP) is 2.61. The third-order valence-corrected chi connectivity index (χ3v) is 15.8. The van der Waals surface area contributed by atoms with Crippen molar-refractivity contribution in [3.05, 3.63) is 0 Å². The number of ether oxygens (including phenoxy) is 6. The van der Waals surface area contributed by atoms with Gasteiger partial charge in [-0.1, -0.05) is 174 Å². The Balaban J connectivity index is 1.66. The molecule has 0 radical (unpaired) electrons. The fourth-order valence-corrected chi connectivity index (χ4v) is 10.9. The number of aliphatic hydroxyl groups excluding tert-OH is 11. The molecule has 18 atom stereocenters. The fraction of sp³-hybridized carbons (Fsp3) is 0.947. The first kappa shape index (κ1) is 72.0. The molecule has 14 N–H and O–H groups in total. The number of carbonyl (C=O) groups excluding carboxylic acids is 2. The Morgan fingerprint density at radius 1 is 0.600 bits per heavy atom. The summed E-state index contributed by atoms with van der Waals surface area (Å²) in [4.78, 5) is 38.4. The molecule has 23 heteroatoms. The zero-order chi connectivity index (χ0) is 59.0. The Labute approximate surface area is 474 Å². The summed E-state index contributed by atoms with van der Waals surface area (Å²) < 4.78 is 34.7. The van der Waals surface area contributed by atoms with Crippen LogP contribution in [0.2, 0.25) is 0 Å². The van der Waals surface area contributed by atoms with Crippen molar-refractivity contribution in [1.29, 1.82) is 0 Å². The lowest BCUT2D eigenvalue weighted by Crippen LogP contribution is -2.70. The normalized spacial score (nSPS) is 30.6. The Kier molecular flexibility index (Phi) is 36.1. The van der Waals surface area contributed by atoms with Crippen LogP contribution in [0.25, 0.3) is 0 Å². The van der Waals surface area contributed by atoms with Gasteiger partial charge in [0, 0.05) is 19.8 Å². The first-order valence-electron chi connectivity index (χ1n) is 30.4. The van der Waals surface area contributed by atoms with Crippen molar-refractivity contribution in [2.45, 2.75) is 317 Å². The van der Waals surface area contributed by atoms with Gasteiger partial charge in [-0.05, 0) is 12.8 Å². The van der Waals surface area contributed by atoms with Crippen LogP contribution in [0.15, 0.2) is 0 Å². The van der Waals surface area contributed by atoms with Crippen molar-refractivity contribution in [2.24, 2.45) is 0 Å². The summed E-state index contributed by atoms with van der Waals surface area (Å²) in [6.07, 6.45) is 1.38. The van der Waals surface area contributed by atoms with Gasteiger partial charge in [-0.25, -0.2) is 4.79 Å². The molecule has 2 amide bonds. The third-order valence-electron chi connectivity index (χ3n) is 15.8. The number of carboxylic acid groups (broad SMARTS) is 1. The Morgan fingerprint density at radius 3 is 1.56 bits per heavy atom. The molecule has 0 spiro atoms. The molecule has 3 heterocycles. The highest BCUT2D eigenvalue weighted by Gasteiger charge is 2.60. The van der Waals surface area contributed by atoms with Gasteiger partial charge in [0.15, 0.2) is 12.6 Å². The van der Waals surface area contributed by atoms with E-state index in [1.165, 1.54) is 103 Å². The molecule has 3 aliphatic heterocycles. The molecule has 23 nitrogen and oxygen atoms in total. The highest BCUT2D eigenvalue weighted by Crippen LogP contribution is 2.38. The molecular formula is C57H106N2O21. The number of carbonyl (C=O) groups is 3. The van der Waals surface area contributed by atoms with Crippen molar-refractivity contribution < 1.29 is 104 Å². The molecule has 80 heavy (non-hydrogen) atoms. The van der Waals surface area contributed by atoms with Crippen LogP contribution in [-0.2, 0) is 42.8 Å². The molecule has 470 valence electrons. The third kappa shape index (κ3) is 24.4. The number of aliphatic hydroxyl groups is 11. The Morgan fingerprint density at radius 2 is 1.09 bits per heavy atom. The first-order valence-corrected chi connectivity index (χ1v) is 30.4. The second-order valence-corrected chi connectivity index (χ2v) is 22.6. The molecular weight excluding hydrogens is 1050 g/mol. The van der Waals surface area contributed by atoms with Gasteiger partial charge in [0.1, 0.15) is 67.1 Å². The lowest BCUT2D eigenvalue weighted by atomic mass is 9.88. The summed E-state index contributed by atoms with van der Waals surface area (Å²) >= 11 is 0. The van der Waals surface area contributed by atoms with Crippen molar-refractivity contribution in [3.63, 3.8) is 0 Å². The number of hydrogen-bond acceptors (Lipinski definition) is 20. The number of unbranched alkanes of at least 4 members (excludes halogenated alkanes) is 24. The van der Waals surface area contributed by atoms with E-state index in [2.05, 4.69) is 24.5 Å². The minimum absolute atomic E-state index is 0.228. The molecule has 3 rings (SSSR count). The average Bonchev–Trinajstić information content (AvgIpc) is 3.47. The van der Waals surface area contributed by atoms with E-state index < -0.39 is 148 Å². The second kappa shape index (κ2) is 40.1. The molecule has 0 aromatic carbocycles. The van der Waals surface area contributed by atoms with Crippen LogP contribution < -0.4 is 10.6 Å². The zero-order valence-corrected chi connectivity index (χ0v) is 48.2. The average molecular weight is 1160 g/mol. The van der Waals surface area contributed by atoms with Crippen LogP contribution >= 0.6 is 0 Å². The van der Waals surface area contributed by atoms with E-state index >= 15 is 0 Å².